The molecule has 0 spiro atoms. The van der Waals surface area contributed by atoms with Crippen molar-refractivity contribution in [1.82, 2.24) is 10.3 Å². The Bertz CT molecular complexity index is 755. The van der Waals surface area contributed by atoms with Crippen molar-refractivity contribution in [2.75, 3.05) is 0 Å². The van der Waals surface area contributed by atoms with Gasteiger partial charge in [0.15, 0.2) is 0 Å². The normalized spacial score (nSPS) is 15.9. The van der Waals surface area contributed by atoms with Crippen LogP contribution in [0.5, 0.6) is 0 Å². The minimum Gasteiger partial charge on any atom is -0.277 e. The molecule has 1 fully saturated rings. The maximum Gasteiger partial charge on any atom is 0.271 e. The zero-order valence-corrected chi connectivity index (χ0v) is 14.5. The second-order valence-corrected chi connectivity index (χ2v) is 7.72. The van der Waals surface area contributed by atoms with Crippen LogP contribution >= 0.6 is 0 Å². The van der Waals surface area contributed by atoms with Gasteiger partial charge in [-0.3, -0.25) is 20.3 Å². The molecule has 1 aliphatic rings. The van der Waals surface area contributed by atoms with Crippen LogP contribution in [0.1, 0.15) is 43.2 Å². The number of hydrazine groups is 1. The Kier molecular flexibility index (Phi) is 5.55. The molecule has 1 aromatic rings. The van der Waals surface area contributed by atoms with Crippen molar-refractivity contribution in [3.8, 4) is 0 Å². The lowest BCUT2D eigenvalue weighted by atomic mass is 9.89. The molecule has 1 aromatic carbocycles. The number of hydrogen-bond donors (Lipinski definition) is 2. The molecular weight excluding hydrogens is 334 g/mol. The largest absolute Gasteiger partial charge is 0.277 e. The van der Waals surface area contributed by atoms with Crippen LogP contribution in [0.3, 0.4) is 0 Å². The SMILES string of the molecule is Cc1cc([N+](=O)[O-])cc(S(=O)(=O)NNC(=O)C2CCCCC2)c1C. The lowest BCUT2D eigenvalue weighted by Gasteiger charge is -2.21. The summed E-state index contributed by atoms with van der Waals surface area (Å²) >= 11 is 0. The Morgan fingerprint density at radius 2 is 1.83 bits per heavy atom. The molecule has 8 nitrogen and oxygen atoms in total. The number of hydrogen-bond acceptors (Lipinski definition) is 5. The fourth-order valence-electron chi connectivity index (χ4n) is 2.83. The zero-order valence-electron chi connectivity index (χ0n) is 13.7. The summed E-state index contributed by atoms with van der Waals surface area (Å²) in [4.78, 5) is 24.2. The van der Waals surface area contributed by atoms with Crippen LogP contribution in [0.25, 0.3) is 0 Å². The Balaban J connectivity index is 2.18. The second kappa shape index (κ2) is 7.27. The zero-order chi connectivity index (χ0) is 17.9. The first-order valence-electron chi connectivity index (χ1n) is 7.79. The maximum absolute atomic E-state index is 12.4. The van der Waals surface area contributed by atoms with Crippen LogP contribution in [-0.2, 0) is 14.8 Å². The van der Waals surface area contributed by atoms with Gasteiger partial charge in [0.05, 0.1) is 9.82 Å². The van der Waals surface area contributed by atoms with Crippen molar-refractivity contribution in [3.63, 3.8) is 0 Å². The third-order valence-electron chi connectivity index (χ3n) is 4.39. The molecular formula is C15H21N3O5S. The first-order chi connectivity index (χ1) is 11.2. The lowest BCUT2D eigenvalue weighted by Crippen LogP contribution is -2.45. The molecule has 0 atom stereocenters. The number of nitro benzene ring substituents is 1. The summed E-state index contributed by atoms with van der Waals surface area (Å²) < 4.78 is 24.8. The number of carbonyl (C=O) groups excluding carboxylic acids is 1. The number of sulfonamides is 1. The summed E-state index contributed by atoms with van der Waals surface area (Å²) in [6, 6.07) is 2.31. The number of rotatable bonds is 5. The van der Waals surface area contributed by atoms with E-state index in [0.717, 1.165) is 38.2 Å². The third-order valence-corrected chi connectivity index (χ3v) is 5.76. The smallest absolute Gasteiger partial charge is 0.271 e. The molecule has 0 heterocycles. The standard InChI is InChI=1S/C15H21N3O5S/c1-10-8-13(18(20)21)9-14(11(10)2)24(22,23)17-16-15(19)12-6-4-3-5-7-12/h8-9,12,17H,3-7H2,1-2H3,(H,16,19). The highest BCUT2D eigenvalue weighted by Gasteiger charge is 2.25. The lowest BCUT2D eigenvalue weighted by molar-refractivity contribution is -0.385. The molecule has 132 valence electrons. The Morgan fingerprint density at radius 1 is 1.21 bits per heavy atom. The number of benzene rings is 1. The molecule has 0 radical (unpaired) electrons. The topological polar surface area (TPSA) is 118 Å². The summed E-state index contributed by atoms with van der Waals surface area (Å²) in [5.41, 5.74) is 2.82. The molecule has 1 amide bonds. The van der Waals surface area contributed by atoms with Crippen LogP contribution in [0, 0.1) is 29.9 Å². The number of non-ortho nitro benzene ring substituents is 1. The van der Waals surface area contributed by atoms with Crippen molar-refractivity contribution < 1.29 is 18.1 Å². The van der Waals surface area contributed by atoms with E-state index >= 15 is 0 Å². The molecule has 1 saturated carbocycles. The van der Waals surface area contributed by atoms with E-state index in [1.54, 1.807) is 13.8 Å². The maximum atomic E-state index is 12.4. The van der Waals surface area contributed by atoms with E-state index in [1.165, 1.54) is 6.07 Å². The van der Waals surface area contributed by atoms with E-state index in [1.807, 2.05) is 0 Å². The molecule has 0 aliphatic heterocycles. The molecule has 1 aliphatic carbocycles. The summed E-state index contributed by atoms with van der Waals surface area (Å²) in [6.07, 6.45) is 4.47. The minimum absolute atomic E-state index is 0.200. The first kappa shape index (κ1) is 18.3. The van der Waals surface area contributed by atoms with Crippen LogP contribution in [0.2, 0.25) is 0 Å². The van der Waals surface area contributed by atoms with Crippen LogP contribution in [0.15, 0.2) is 17.0 Å². The van der Waals surface area contributed by atoms with E-state index in [2.05, 4.69) is 10.3 Å². The average Bonchev–Trinajstić information content (AvgIpc) is 2.55. The summed E-state index contributed by atoms with van der Waals surface area (Å²) in [7, 11) is -4.09. The van der Waals surface area contributed by atoms with Gasteiger partial charge >= 0.3 is 0 Å². The molecule has 0 saturated heterocycles. The van der Waals surface area contributed by atoms with Gasteiger partial charge in [0.1, 0.15) is 0 Å². The van der Waals surface area contributed by atoms with E-state index in [0.29, 0.717) is 11.1 Å². The predicted molar refractivity (Wildman–Crippen MR) is 87.6 cm³/mol. The van der Waals surface area contributed by atoms with E-state index in [-0.39, 0.29) is 22.4 Å². The van der Waals surface area contributed by atoms with Crippen molar-refractivity contribution >= 4 is 21.6 Å². The fraction of sp³-hybridized carbons (Fsp3) is 0.533. The molecule has 0 bridgehead atoms. The van der Waals surface area contributed by atoms with Crippen molar-refractivity contribution in [3.05, 3.63) is 33.4 Å². The quantitative estimate of drug-likeness (QED) is 0.619. The molecule has 24 heavy (non-hydrogen) atoms. The van der Waals surface area contributed by atoms with E-state index in [4.69, 9.17) is 0 Å². The number of nitrogens with zero attached hydrogens (tertiary/aromatic N) is 1. The first-order valence-corrected chi connectivity index (χ1v) is 9.28. The highest BCUT2D eigenvalue weighted by molar-refractivity contribution is 7.89. The fourth-order valence-corrected chi connectivity index (χ4v) is 4.02. The van der Waals surface area contributed by atoms with Crippen molar-refractivity contribution in [2.24, 2.45) is 5.92 Å². The highest BCUT2D eigenvalue weighted by atomic mass is 32.2. The molecule has 2 rings (SSSR count). The number of nitro groups is 1. The van der Waals surface area contributed by atoms with Gasteiger partial charge in [0.2, 0.25) is 5.91 Å². The average molecular weight is 355 g/mol. The van der Waals surface area contributed by atoms with Crippen LogP contribution in [0.4, 0.5) is 5.69 Å². The number of carbonyl (C=O) groups is 1. The molecule has 0 aromatic heterocycles. The Morgan fingerprint density at radius 3 is 2.42 bits per heavy atom. The Labute approximate surface area is 140 Å². The van der Waals surface area contributed by atoms with Gasteiger partial charge in [-0.15, -0.1) is 4.83 Å². The number of amides is 1. The minimum atomic E-state index is -4.09. The molecule has 9 heteroatoms. The van der Waals surface area contributed by atoms with Gasteiger partial charge in [-0.2, -0.15) is 0 Å². The third kappa shape index (κ3) is 4.09. The van der Waals surface area contributed by atoms with Crippen molar-refractivity contribution in [1.29, 1.82) is 0 Å². The van der Waals surface area contributed by atoms with Crippen molar-refractivity contribution in [2.45, 2.75) is 50.8 Å². The second-order valence-electron chi connectivity index (χ2n) is 6.07. The number of nitrogens with one attached hydrogen (secondary N) is 2. The van der Waals surface area contributed by atoms with Gasteiger partial charge in [0, 0.05) is 18.1 Å². The van der Waals surface area contributed by atoms with Crippen LogP contribution < -0.4 is 10.3 Å². The molecule has 0 unspecified atom stereocenters. The van der Waals surface area contributed by atoms with Gasteiger partial charge in [-0.05, 0) is 37.8 Å². The summed E-state index contributed by atoms with van der Waals surface area (Å²) in [5.74, 6) is -0.563. The van der Waals surface area contributed by atoms with Crippen LogP contribution in [-0.4, -0.2) is 19.2 Å². The highest BCUT2D eigenvalue weighted by Crippen LogP contribution is 2.26. The van der Waals surface area contributed by atoms with Gasteiger partial charge < -0.3 is 0 Å². The van der Waals surface area contributed by atoms with Gasteiger partial charge in [-0.25, -0.2) is 8.42 Å². The molecule has 2 N–H and O–H groups in total. The summed E-state index contributed by atoms with van der Waals surface area (Å²) in [6.45, 7) is 3.17. The van der Waals surface area contributed by atoms with E-state index < -0.39 is 14.9 Å². The van der Waals surface area contributed by atoms with Gasteiger partial charge in [0.25, 0.3) is 15.7 Å². The van der Waals surface area contributed by atoms with Gasteiger partial charge in [-0.1, -0.05) is 19.3 Å². The predicted octanol–water partition coefficient (Wildman–Crippen LogP) is 2.10. The number of aryl methyl sites for hydroxylation is 1. The summed E-state index contributed by atoms with van der Waals surface area (Å²) in [5, 5.41) is 10.9. The Hall–Kier alpha value is -2.00. The van der Waals surface area contributed by atoms with E-state index in [9.17, 15) is 23.3 Å². The monoisotopic (exact) mass is 355 g/mol.